The molecule has 0 aliphatic rings. The number of aliphatic carboxylic acids is 2. The number of pyridine rings is 1. The maximum absolute atomic E-state index is 13.0. The van der Waals surface area contributed by atoms with Crippen molar-refractivity contribution in [1.82, 2.24) is 20.3 Å². The number of fused-ring (bicyclic) bond motifs is 1. The van der Waals surface area contributed by atoms with E-state index in [-0.39, 0.29) is 46.8 Å². The Balaban J connectivity index is 1.83. The van der Waals surface area contributed by atoms with Crippen molar-refractivity contribution < 1.29 is 38.9 Å². The van der Waals surface area contributed by atoms with E-state index in [0.29, 0.717) is 0 Å². The average molecular weight is 526 g/mol. The molecule has 0 aliphatic heterocycles. The van der Waals surface area contributed by atoms with Gasteiger partial charge in [0, 0.05) is 17.7 Å². The fourth-order valence-electron chi connectivity index (χ4n) is 3.29. The van der Waals surface area contributed by atoms with Crippen LogP contribution in [0.1, 0.15) is 51.0 Å². The number of nitrogen functional groups attached to an aromatic ring is 1. The summed E-state index contributed by atoms with van der Waals surface area (Å²) >= 11 is 0. The minimum absolute atomic E-state index is 0.00540. The van der Waals surface area contributed by atoms with Crippen molar-refractivity contribution in [2.75, 3.05) is 17.7 Å². The number of carbonyl (C=O) groups is 5. The quantitative estimate of drug-likeness (QED) is 0.196. The lowest BCUT2D eigenvalue weighted by Gasteiger charge is -2.14. The van der Waals surface area contributed by atoms with Crippen molar-refractivity contribution in [3.05, 3.63) is 57.5 Å². The van der Waals surface area contributed by atoms with E-state index < -0.39 is 53.4 Å². The second-order valence-corrected chi connectivity index (χ2v) is 7.75. The molecule has 15 heteroatoms. The van der Waals surface area contributed by atoms with Crippen LogP contribution in [0.3, 0.4) is 0 Å². The monoisotopic (exact) mass is 526 g/mol. The van der Waals surface area contributed by atoms with E-state index in [9.17, 15) is 33.9 Å². The number of carboxylic acid groups (broad SMARTS) is 2. The molecule has 0 saturated heterocycles. The van der Waals surface area contributed by atoms with E-state index in [1.165, 1.54) is 24.3 Å². The van der Waals surface area contributed by atoms with Gasteiger partial charge in [-0.15, -0.1) is 0 Å². The van der Waals surface area contributed by atoms with Gasteiger partial charge in [-0.3, -0.25) is 24.2 Å². The molecular weight excluding hydrogens is 504 g/mol. The van der Waals surface area contributed by atoms with Crippen molar-refractivity contribution in [2.45, 2.75) is 25.8 Å². The molecule has 0 aliphatic carbocycles. The highest BCUT2D eigenvalue weighted by Gasteiger charge is 2.24. The number of hydrogen-bond donors (Lipinski definition) is 6. The molecule has 7 N–H and O–H groups in total. The number of esters is 1. The summed E-state index contributed by atoms with van der Waals surface area (Å²) in [5.74, 6) is -5.33. The Bertz CT molecular complexity index is 1480. The predicted octanol–water partition coefficient (Wildman–Crippen LogP) is 0.377. The van der Waals surface area contributed by atoms with Crippen LogP contribution in [-0.2, 0) is 14.3 Å². The van der Waals surface area contributed by atoms with Crippen molar-refractivity contribution in [2.24, 2.45) is 0 Å². The van der Waals surface area contributed by atoms with Gasteiger partial charge >= 0.3 is 17.9 Å². The smallest absolute Gasteiger partial charge is 0.340 e. The first-order valence-corrected chi connectivity index (χ1v) is 11.0. The van der Waals surface area contributed by atoms with Gasteiger partial charge in [0.15, 0.2) is 5.52 Å². The maximum Gasteiger partial charge on any atom is 0.340 e. The van der Waals surface area contributed by atoms with Gasteiger partial charge in [-0.05, 0) is 43.7 Å². The zero-order valence-electron chi connectivity index (χ0n) is 19.8. The van der Waals surface area contributed by atoms with Gasteiger partial charge in [-0.1, -0.05) is 0 Å². The molecule has 38 heavy (non-hydrogen) atoms. The zero-order valence-corrected chi connectivity index (χ0v) is 19.8. The summed E-state index contributed by atoms with van der Waals surface area (Å²) in [6.07, 6.45) is -0.759. The summed E-state index contributed by atoms with van der Waals surface area (Å²) in [5, 5.41) is 22.7. The molecule has 3 aromatic rings. The first-order valence-electron chi connectivity index (χ1n) is 11.0. The Morgan fingerprint density at radius 3 is 2.37 bits per heavy atom. The number of nitrogens with two attached hydrogens (primary N) is 1. The highest BCUT2D eigenvalue weighted by atomic mass is 16.5. The first kappa shape index (κ1) is 27.3. The van der Waals surface area contributed by atoms with Crippen molar-refractivity contribution in [3.63, 3.8) is 0 Å². The molecule has 1 aromatic carbocycles. The van der Waals surface area contributed by atoms with Crippen LogP contribution in [0.4, 0.5) is 11.6 Å². The van der Waals surface area contributed by atoms with Crippen LogP contribution in [0.2, 0.25) is 0 Å². The molecule has 0 unspecified atom stereocenters. The normalized spacial score (nSPS) is 11.4. The number of aromatic amines is 1. The van der Waals surface area contributed by atoms with Crippen LogP contribution in [0, 0.1) is 0 Å². The Labute approximate surface area is 213 Å². The van der Waals surface area contributed by atoms with E-state index in [4.69, 9.17) is 15.6 Å². The highest BCUT2D eigenvalue weighted by Crippen LogP contribution is 2.18. The molecule has 2 aromatic heterocycles. The van der Waals surface area contributed by atoms with E-state index >= 15 is 0 Å². The SMILES string of the molecule is CCOC(=O)c1cc2nc(N)[nH]c(=O)c2nc1C(=O)Nc1ccc(C(=O)N[C@@H](CCC(=O)O)C(=O)O)cc1. The van der Waals surface area contributed by atoms with E-state index in [2.05, 4.69) is 25.6 Å². The number of rotatable bonds is 10. The van der Waals surface area contributed by atoms with E-state index in [0.717, 1.165) is 6.07 Å². The molecule has 0 radical (unpaired) electrons. The predicted molar refractivity (Wildman–Crippen MR) is 131 cm³/mol. The standard InChI is InChI=1S/C23H22N6O9/c1-2-38-22(37)12-9-14-17(20(34)29-23(24)27-14)28-16(12)19(33)25-11-5-3-10(4-6-11)18(32)26-13(21(35)36)7-8-15(30)31/h3-6,9,13H,2,7-8H2,1H3,(H,25,33)(H,26,32)(H,30,31)(H,35,36)(H3,24,27,29,34)/t13-/m0/s1. The molecule has 0 spiro atoms. The zero-order chi connectivity index (χ0) is 28.0. The largest absolute Gasteiger partial charge is 0.481 e. The van der Waals surface area contributed by atoms with Gasteiger partial charge in [-0.2, -0.15) is 0 Å². The molecule has 0 bridgehead atoms. The fraction of sp³-hybridized carbons (Fsp3) is 0.217. The highest BCUT2D eigenvalue weighted by molar-refractivity contribution is 6.11. The molecule has 0 saturated carbocycles. The number of hydrogen-bond acceptors (Lipinski definition) is 10. The maximum atomic E-state index is 13.0. The lowest BCUT2D eigenvalue weighted by molar-refractivity contribution is -0.140. The van der Waals surface area contributed by atoms with Gasteiger partial charge in [0.2, 0.25) is 5.95 Å². The number of nitrogens with zero attached hydrogens (tertiary/aromatic N) is 2. The van der Waals surface area contributed by atoms with Crippen LogP contribution in [-0.4, -0.2) is 67.5 Å². The minimum Gasteiger partial charge on any atom is -0.481 e. The number of benzene rings is 1. The Hall–Kier alpha value is -5.34. The number of nitrogens with one attached hydrogen (secondary N) is 3. The third-order valence-electron chi connectivity index (χ3n) is 5.07. The summed E-state index contributed by atoms with van der Waals surface area (Å²) < 4.78 is 4.98. The lowest BCUT2D eigenvalue weighted by atomic mass is 10.1. The number of carbonyl (C=O) groups excluding carboxylic acids is 3. The second kappa shape index (κ2) is 11.6. The molecular formula is C23H22N6O9. The number of carboxylic acids is 2. The van der Waals surface area contributed by atoms with Crippen LogP contribution < -0.4 is 21.9 Å². The van der Waals surface area contributed by atoms with Crippen LogP contribution in [0.25, 0.3) is 11.0 Å². The van der Waals surface area contributed by atoms with Crippen LogP contribution >= 0.6 is 0 Å². The fourth-order valence-corrected chi connectivity index (χ4v) is 3.29. The van der Waals surface area contributed by atoms with Gasteiger partial charge < -0.3 is 31.3 Å². The summed E-state index contributed by atoms with van der Waals surface area (Å²) in [6.45, 7) is 1.57. The molecule has 2 amide bonds. The van der Waals surface area contributed by atoms with Crippen molar-refractivity contribution in [3.8, 4) is 0 Å². The molecule has 15 nitrogen and oxygen atoms in total. The average Bonchev–Trinajstić information content (AvgIpc) is 2.85. The van der Waals surface area contributed by atoms with Gasteiger partial charge in [0.05, 0.1) is 17.7 Å². The van der Waals surface area contributed by atoms with Gasteiger partial charge in [0.25, 0.3) is 17.4 Å². The van der Waals surface area contributed by atoms with Gasteiger partial charge in [0.1, 0.15) is 11.7 Å². The first-order chi connectivity index (χ1) is 18.0. The van der Waals surface area contributed by atoms with E-state index in [1.54, 1.807) is 6.92 Å². The summed E-state index contributed by atoms with van der Waals surface area (Å²) in [7, 11) is 0. The van der Waals surface area contributed by atoms with Crippen LogP contribution in [0.5, 0.6) is 0 Å². The molecule has 2 heterocycles. The van der Waals surface area contributed by atoms with Crippen molar-refractivity contribution in [1.29, 1.82) is 0 Å². The number of H-pyrrole nitrogens is 1. The topological polar surface area (TPSA) is 244 Å². The lowest BCUT2D eigenvalue weighted by Crippen LogP contribution is -2.41. The summed E-state index contributed by atoms with van der Waals surface area (Å²) in [4.78, 5) is 82.3. The van der Waals surface area contributed by atoms with Crippen LogP contribution in [0.15, 0.2) is 35.1 Å². The third-order valence-corrected chi connectivity index (χ3v) is 5.07. The summed E-state index contributed by atoms with van der Waals surface area (Å²) in [6, 6.07) is 5.00. The molecule has 0 fully saturated rings. The molecule has 1 atom stereocenters. The number of amides is 2. The summed E-state index contributed by atoms with van der Waals surface area (Å²) in [5.41, 5.74) is 4.09. The van der Waals surface area contributed by atoms with Gasteiger partial charge in [-0.25, -0.2) is 19.6 Å². The number of aromatic nitrogens is 3. The van der Waals surface area contributed by atoms with E-state index in [1.807, 2.05) is 0 Å². The van der Waals surface area contributed by atoms with Crippen molar-refractivity contribution >= 4 is 52.4 Å². The number of ether oxygens (including phenoxy) is 1. The Kier molecular flexibility index (Phi) is 8.32. The minimum atomic E-state index is -1.41. The molecule has 3 rings (SSSR count). The second-order valence-electron chi connectivity index (χ2n) is 7.75. The number of anilines is 2. The molecule has 198 valence electrons. The Morgan fingerprint density at radius 1 is 1.08 bits per heavy atom. The Morgan fingerprint density at radius 2 is 1.76 bits per heavy atom. The third kappa shape index (κ3) is 6.45.